The molecular formula is C21H29N7O4S. The third-order valence-corrected chi connectivity index (χ3v) is 6.68. The normalized spacial score (nSPS) is 16.1. The van der Waals surface area contributed by atoms with Crippen molar-refractivity contribution in [1.29, 1.82) is 0 Å². The molecular weight excluding hydrogens is 446 g/mol. The van der Waals surface area contributed by atoms with Gasteiger partial charge in [-0.15, -0.1) is 0 Å². The van der Waals surface area contributed by atoms with Crippen molar-refractivity contribution >= 4 is 34.2 Å². The first-order chi connectivity index (χ1) is 15.8. The number of hydrogen-bond acceptors (Lipinski definition) is 9. The molecule has 3 amide bonds. The number of carbonyl (C=O) groups excluding carboxylic acids is 2. The molecule has 2 aromatic rings. The largest absolute Gasteiger partial charge is 0.481 e. The van der Waals surface area contributed by atoms with Gasteiger partial charge < -0.3 is 25.0 Å². The molecule has 1 aliphatic carbocycles. The van der Waals surface area contributed by atoms with Crippen molar-refractivity contribution in [2.24, 2.45) is 5.41 Å². The Labute approximate surface area is 196 Å². The van der Waals surface area contributed by atoms with Crippen LogP contribution in [0.25, 0.3) is 0 Å². The molecule has 1 fully saturated rings. The average molecular weight is 476 g/mol. The number of nitrogens with one attached hydrogen (secondary N) is 3. The fourth-order valence-corrected chi connectivity index (χ4v) is 4.65. The van der Waals surface area contributed by atoms with Crippen LogP contribution in [0.1, 0.15) is 37.3 Å². The molecule has 0 saturated heterocycles. The molecule has 2 aromatic heterocycles. The summed E-state index contributed by atoms with van der Waals surface area (Å²) in [6.07, 6.45) is 2.29. The highest BCUT2D eigenvalue weighted by Crippen LogP contribution is 2.45. The van der Waals surface area contributed by atoms with Gasteiger partial charge in [0.05, 0.1) is 31.9 Å². The van der Waals surface area contributed by atoms with Crippen LogP contribution in [0, 0.1) is 5.41 Å². The lowest BCUT2D eigenvalue weighted by atomic mass is 10.1. The fourth-order valence-electron chi connectivity index (χ4n) is 3.64. The fraction of sp³-hybridized carbons (Fsp3) is 0.571. The van der Waals surface area contributed by atoms with Crippen molar-refractivity contribution in [2.45, 2.75) is 45.7 Å². The van der Waals surface area contributed by atoms with E-state index in [0.717, 1.165) is 36.4 Å². The van der Waals surface area contributed by atoms with Gasteiger partial charge in [0.15, 0.2) is 5.13 Å². The van der Waals surface area contributed by atoms with Gasteiger partial charge in [0.2, 0.25) is 11.8 Å². The van der Waals surface area contributed by atoms with Crippen molar-refractivity contribution in [1.82, 2.24) is 25.6 Å². The highest BCUT2D eigenvalue weighted by Gasteiger charge is 2.50. The molecule has 0 radical (unpaired) electrons. The minimum absolute atomic E-state index is 0.000543. The number of amides is 3. The molecule has 33 heavy (non-hydrogen) atoms. The molecule has 0 bridgehead atoms. The molecule has 11 nitrogen and oxygen atoms in total. The van der Waals surface area contributed by atoms with E-state index >= 15 is 0 Å². The molecule has 1 aliphatic heterocycles. The Morgan fingerprint density at radius 2 is 2.00 bits per heavy atom. The van der Waals surface area contributed by atoms with E-state index in [1.807, 2.05) is 13.8 Å². The van der Waals surface area contributed by atoms with Gasteiger partial charge >= 0.3 is 12.0 Å². The lowest BCUT2D eigenvalue weighted by Gasteiger charge is -2.27. The highest BCUT2D eigenvalue weighted by molar-refractivity contribution is 7.15. The van der Waals surface area contributed by atoms with Gasteiger partial charge in [0.1, 0.15) is 5.82 Å². The Bertz CT molecular complexity index is 1020. The summed E-state index contributed by atoms with van der Waals surface area (Å²) in [6.45, 7) is 5.50. The minimum Gasteiger partial charge on any atom is -0.481 e. The Morgan fingerprint density at radius 1 is 1.21 bits per heavy atom. The Balaban J connectivity index is 1.35. The summed E-state index contributed by atoms with van der Waals surface area (Å²) in [4.78, 5) is 41.1. The number of fused-ring (bicyclic) bond motifs is 1. The van der Waals surface area contributed by atoms with Crippen molar-refractivity contribution in [3.05, 3.63) is 16.6 Å². The maximum absolute atomic E-state index is 12.4. The molecule has 12 heteroatoms. The lowest BCUT2D eigenvalue weighted by Crippen LogP contribution is -2.43. The van der Waals surface area contributed by atoms with Crippen LogP contribution in [0.5, 0.6) is 11.9 Å². The van der Waals surface area contributed by atoms with E-state index in [4.69, 9.17) is 9.47 Å². The van der Waals surface area contributed by atoms with Crippen molar-refractivity contribution in [2.75, 3.05) is 37.5 Å². The number of ether oxygens (including phenoxy) is 2. The predicted molar refractivity (Wildman–Crippen MR) is 124 cm³/mol. The van der Waals surface area contributed by atoms with Crippen LogP contribution < -0.4 is 30.3 Å². The molecule has 0 atom stereocenters. The zero-order valence-corrected chi connectivity index (χ0v) is 20.0. The second-order valence-electron chi connectivity index (χ2n) is 8.53. The van der Waals surface area contributed by atoms with Crippen molar-refractivity contribution in [3.63, 3.8) is 0 Å². The monoisotopic (exact) mass is 475 g/mol. The second-order valence-corrected chi connectivity index (χ2v) is 9.62. The van der Waals surface area contributed by atoms with Crippen LogP contribution in [0.15, 0.2) is 6.07 Å². The van der Waals surface area contributed by atoms with Crippen LogP contribution in [0.3, 0.4) is 0 Å². The Hall–Kier alpha value is -3.15. The summed E-state index contributed by atoms with van der Waals surface area (Å²) in [6, 6.07) is 1.74. The van der Waals surface area contributed by atoms with Crippen molar-refractivity contribution < 1.29 is 19.1 Å². The lowest BCUT2D eigenvalue weighted by molar-refractivity contribution is -0.126. The molecule has 1 saturated carbocycles. The number of rotatable bonds is 8. The second kappa shape index (κ2) is 9.38. The van der Waals surface area contributed by atoms with E-state index < -0.39 is 5.41 Å². The number of urea groups is 1. The van der Waals surface area contributed by atoms with E-state index in [1.54, 1.807) is 13.2 Å². The number of anilines is 2. The van der Waals surface area contributed by atoms with E-state index in [-0.39, 0.29) is 24.0 Å². The zero-order valence-electron chi connectivity index (χ0n) is 19.2. The Morgan fingerprint density at radius 3 is 2.67 bits per heavy atom. The summed E-state index contributed by atoms with van der Waals surface area (Å²) in [5.74, 6) is 1.14. The molecule has 3 heterocycles. The van der Waals surface area contributed by atoms with Gasteiger partial charge in [-0.3, -0.25) is 10.1 Å². The number of nitrogens with zero attached hydrogens (tertiary/aromatic N) is 4. The van der Waals surface area contributed by atoms with Gasteiger partial charge in [-0.25, -0.2) is 9.78 Å². The number of thiazole rings is 1. The van der Waals surface area contributed by atoms with E-state index in [1.165, 1.54) is 18.4 Å². The molecule has 0 unspecified atom stereocenters. The van der Waals surface area contributed by atoms with Crippen LogP contribution in [0.4, 0.5) is 15.7 Å². The number of hydrogen-bond donors (Lipinski definition) is 3. The smallest absolute Gasteiger partial charge is 0.321 e. The minimum atomic E-state index is -0.482. The topological polar surface area (TPSA) is 131 Å². The van der Waals surface area contributed by atoms with Crippen LogP contribution in [0.2, 0.25) is 0 Å². The number of aromatic nitrogens is 3. The van der Waals surface area contributed by atoms with Gasteiger partial charge in [-0.05, 0) is 26.7 Å². The Kier molecular flexibility index (Phi) is 6.54. The molecule has 2 aliphatic rings. The maximum atomic E-state index is 12.4. The zero-order chi connectivity index (χ0) is 23.6. The van der Waals surface area contributed by atoms with E-state index in [9.17, 15) is 9.59 Å². The van der Waals surface area contributed by atoms with Crippen molar-refractivity contribution in [3.8, 4) is 11.9 Å². The van der Waals surface area contributed by atoms with Crippen LogP contribution in [-0.4, -0.2) is 60.2 Å². The summed E-state index contributed by atoms with van der Waals surface area (Å²) in [5.41, 5.74) is 0.485. The van der Waals surface area contributed by atoms with E-state index in [2.05, 4.69) is 35.8 Å². The SMILES string of the molecule is COc1cc(N2CCc3nc(NC(=O)NCC4(C(=O)NC(C)C)CC4)sc3C2)nc(OC)n1. The summed E-state index contributed by atoms with van der Waals surface area (Å²) in [7, 11) is 3.06. The standard InChI is InChI=1S/C21H29N7O4S/c1-12(2)23-17(29)21(6-7-21)11-22-18(30)27-20-24-13-5-8-28(10-14(13)33-20)15-9-16(31-3)26-19(25-15)32-4/h9,12H,5-8,10-11H2,1-4H3,(H,23,29)(H2,22,24,27,30). The predicted octanol–water partition coefficient (Wildman–Crippen LogP) is 1.94. The van der Waals surface area contributed by atoms with Gasteiger partial charge in [0, 0.05) is 36.5 Å². The third kappa shape index (κ3) is 5.27. The summed E-state index contributed by atoms with van der Waals surface area (Å²) in [5, 5.41) is 9.11. The molecule has 0 aromatic carbocycles. The molecule has 178 valence electrons. The summed E-state index contributed by atoms with van der Waals surface area (Å²) >= 11 is 1.44. The number of methoxy groups -OCH3 is 2. The number of carbonyl (C=O) groups is 2. The molecule has 3 N–H and O–H groups in total. The quantitative estimate of drug-likeness (QED) is 0.528. The van der Waals surface area contributed by atoms with Gasteiger partial charge in [-0.2, -0.15) is 9.97 Å². The van der Waals surface area contributed by atoms with Crippen LogP contribution in [-0.2, 0) is 17.8 Å². The molecule has 4 rings (SSSR count). The summed E-state index contributed by atoms with van der Waals surface area (Å²) < 4.78 is 10.4. The first kappa shape index (κ1) is 23.0. The molecule has 0 spiro atoms. The van der Waals surface area contributed by atoms with E-state index in [0.29, 0.717) is 29.9 Å². The van der Waals surface area contributed by atoms with Gasteiger partial charge in [0.25, 0.3) is 0 Å². The average Bonchev–Trinajstić information content (AvgIpc) is 3.49. The first-order valence-corrected chi connectivity index (χ1v) is 11.7. The first-order valence-electron chi connectivity index (χ1n) is 10.9. The van der Waals surface area contributed by atoms with Gasteiger partial charge in [-0.1, -0.05) is 11.3 Å². The highest BCUT2D eigenvalue weighted by atomic mass is 32.1. The van der Waals surface area contributed by atoms with Crippen LogP contribution >= 0.6 is 11.3 Å². The maximum Gasteiger partial charge on any atom is 0.321 e. The third-order valence-electron chi connectivity index (χ3n) is 5.68.